The van der Waals surface area contributed by atoms with Crippen molar-refractivity contribution in [3.8, 4) is 0 Å². The van der Waals surface area contributed by atoms with Crippen molar-refractivity contribution in [2.24, 2.45) is 0 Å². The molecule has 1 nitrogen and oxygen atoms in total. The molecule has 1 atom stereocenters. The standard InChI is InChI=1S/C11H13NS.HI/c1-3-8(2)11-12-9-6-4-5-7-10(9)13-11;/h4-8H,3H2,1-2H3;1H. The van der Waals surface area contributed by atoms with Crippen LogP contribution in [0.3, 0.4) is 0 Å². The number of aromatic nitrogens is 1. The Kier molecular flexibility index (Phi) is 4.31. The van der Waals surface area contributed by atoms with Gasteiger partial charge in [0.2, 0.25) is 10.5 Å². The number of hydrogen-bond acceptors (Lipinski definition) is 1. The van der Waals surface area contributed by atoms with Gasteiger partial charge in [-0.15, -0.1) is 0 Å². The average molecular weight is 319 g/mol. The van der Waals surface area contributed by atoms with Crippen LogP contribution in [0.25, 0.3) is 10.2 Å². The maximum absolute atomic E-state index is 3.46. The third-order valence-electron chi connectivity index (χ3n) is 2.42. The summed E-state index contributed by atoms with van der Waals surface area (Å²) in [7, 11) is 0. The number of H-pyrrole nitrogens is 1. The summed E-state index contributed by atoms with van der Waals surface area (Å²) in [5.74, 6) is 0.650. The molecule has 1 aromatic heterocycles. The molecule has 2 rings (SSSR count). The van der Waals surface area contributed by atoms with Crippen molar-refractivity contribution in [2.45, 2.75) is 26.2 Å². The van der Waals surface area contributed by atoms with E-state index in [0.717, 1.165) is 0 Å². The number of para-hydroxylation sites is 1. The number of rotatable bonds is 2. The normalized spacial score (nSPS) is 12.4. The van der Waals surface area contributed by atoms with Crippen LogP contribution in [0.2, 0.25) is 0 Å². The molecule has 1 unspecified atom stereocenters. The highest BCUT2D eigenvalue weighted by Crippen LogP contribution is 2.25. The fraction of sp³-hybridized carbons (Fsp3) is 0.364. The van der Waals surface area contributed by atoms with Gasteiger partial charge in [-0.25, -0.2) is 0 Å². The molecule has 14 heavy (non-hydrogen) atoms. The molecule has 0 aliphatic rings. The van der Waals surface area contributed by atoms with Crippen LogP contribution in [0.5, 0.6) is 0 Å². The van der Waals surface area contributed by atoms with Gasteiger partial charge in [-0.3, -0.25) is 0 Å². The molecule has 0 fully saturated rings. The zero-order valence-corrected chi connectivity index (χ0v) is 11.4. The van der Waals surface area contributed by atoms with E-state index in [2.05, 4.69) is 43.1 Å². The predicted molar refractivity (Wildman–Crippen MR) is 57.1 cm³/mol. The average Bonchev–Trinajstić information content (AvgIpc) is 2.59. The summed E-state index contributed by atoms with van der Waals surface area (Å²) in [6, 6.07) is 8.47. The SMILES string of the molecule is CCC(C)c1[nH+]c2ccccc2s1.[I-]. The topological polar surface area (TPSA) is 14.1 Å². The zero-order valence-electron chi connectivity index (χ0n) is 8.38. The summed E-state index contributed by atoms with van der Waals surface area (Å²) < 4.78 is 1.36. The summed E-state index contributed by atoms with van der Waals surface area (Å²) in [6.07, 6.45) is 1.20. The first kappa shape index (κ1) is 11.9. The van der Waals surface area contributed by atoms with Crippen molar-refractivity contribution < 1.29 is 29.0 Å². The summed E-state index contributed by atoms with van der Waals surface area (Å²) in [5.41, 5.74) is 1.27. The van der Waals surface area contributed by atoms with E-state index in [4.69, 9.17) is 0 Å². The van der Waals surface area contributed by atoms with Gasteiger partial charge in [0.15, 0.2) is 0 Å². The fourth-order valence-corrected chi connectivity index (χ4v) is 2.49. The minimum Gasteiger partial charge on any atom is -1.00 e. The van der Waals surface area contributed by atoms with Crippen molar-refractivity contribution in [2.75, 3.05) is 0 Å². The van der Waals surface area contributed by atoms with Gasteiger partial charge in [0.25, 0.3) is 0 Å². The van der Waals surface area contributed by atoms with Gasteiger partial charge in [-0.05, 0) is 12.5 Å². The van der Waals surface area contributed by atoms with Crippen LogP contribution in [0.1, 0.15) is 31.2 Å². The monoisotopic (exact) mass is 319 g/mol. The van der Waals surface area contributed by atoms with Crippen molar-refractivity contribution in [1.82, 2.24) is 0 Å². The van der Waals surface area contributed by atoms with Crippen molar-refractivity contribution in [3.63, 3.8) is 0 Å². The Labute approximate surface area is 106 Å². The van der Waals surface area contributed by atoms with E-state index < -0.39 is 0 Å². The number of fused-ring (bicyclic) bond motifs is 1. The summed E-state index contributed by atoms with van der Waals surface area (Å²) in [6.45, 7) is 4.49. The van der Waals surface area contributed by atoms with Crippen LogP contribution in [0.4, 0.5) is 0 Å². The van der Waals surface area contributed by atoms with Crippen LogP contribution in [0, 0.1) is 0 Å². The molecular weight excluding hydrogens is 305 g/mol. The Morgan fingerprint density at radius 3 is 2.71 bits per heavy atom. The number of nitrogens with one attached hydrogen (secondary N) is 1. The molecule has 76 valence electrons. The van der Waals surface area contributed by atoms with E-state index in [1.807, 2.05) is 11.3 Å². The molecular formula is C11H14INS. The van der Waals surface area contributed by atoms with Crippen LogP contribution in [-0.2, 0) is 0 Å². The lowest BCUT2D eigenvalue weighted by atomic mass is 10.1. The summed E-state index contributed by atoms with van der Waals surface area (Å²) in [4.78, 5) is 3.46. The first-order chi connectivity index (χ1) is 6.31. The molecule has 0 spiro atoms. The maximum Gasteiger partial charge on any atom is 0.239 e. The van der Waals surface area contributed by atoms with Crippen molar-refractivity contribution in [3.05, 3.63) is 29.3 Å². The largest absolute Gasteiger partial charge is 1.00 e. The molecule has 0 aliphatic carbocycles. The number of benzene rings is 1. The molecule has 0 aliphatic heterocycles. The first-order valence-corrected chi connectivity index (χ1v) is 5.53. The van der Waals surface area contributed by atoms with Crippen molar-refractivity contribution in [1.29, 1.82) is 0 Å². The molecule has 2 aromatic rings. The third-order valence-corrected chi connectivity index (χ3v) is 3.73. The Morgan fingerprint density at radius 1 is 1.36 bits per heavy atom. The van der Waals surface area contributed by atoms with Crippen LogP contribution in [-0.4, -0.2) is 0 Å². The van der Waals surface area contributed by atoms with Crippen LogP contribution in [0.15, 0.2) is 24.3 Å². The molecule has 1 heterocycles. The molecule has 1 N–H and O–H groups in total. The van der Waals surface area contributed by atoms with Gasteiger partial charge in [0, 0.05) is 6.07 Å². The highest BCUT2D eigenvalue weighted by atomic mass is 127. The summed E-state index contributed by atoms with van der Waals surface area (Å²) in [5, 5.41) is 1.39. The minimum atomic E-state index is 0. The minimum absolute atomic E-state index is 0. The Hall–Kier alpha value is -0.160. The molecule has 0 radical (unpaired) electrons. The second-order valence-corrected chi connectivity index (χ2v) is 4.48. The number of hydrogen-bond donors (Lipinski definition) is 0. The van der Waals surface area contributed by atoms with Gasteiger partial charge < -0.3 is 24.0 Å². The van der Waals surface area contributed by atoms with E-state index in [-0.39, 0.29) is 24.0 Å². The zero-order chi connectivity index (χ0) is 9.26. The van der Waals surface area contributed by atoms with Crippen LogP contribution >= 0.6 is 11.3 Å². The number of aromatic amines is 1. The van der Waals surface area contributed by atoms with E-state index >= 15 is 0 Å². The third kappa shape index (κ3) is 2.25. The lowest BCUT2D eigenvalue weighted by Crippen LogP contribution is -3.00. The Bertz CT molecular complexity index is 377. The highest BCUT2D eigenvalue weighted by molar-refractivity contribution is 7.18. The van der Waals surface area contributed by atoms with E-state index in [9.17, 15) is 0 Å². The molecule has 0 amide bonds. The quantitative estimate of drug-likeness (QED) is 0.704. The smallest absolute Gasteiger partial charge is 0.239 e. The molecule has 3 heteroatoms. The second-order valence-electron chi connectivity index (χ2n) is 3.40. The number of halogens is 1. The van der Waals surface area contributed by atoms with Gasteiger partial charge in [0.05, 0.1) is 5.92 Å². The number of thiazole rings is 1. The Balaban J connectivity index is 0.000000980. The molecule has 0 saturated carbocycles. The Morgan fingerprint density at radius 2 is 2.07 bits per heavy atom. The fourth-order valence-electron chi connectivity index (χ4n) is 1.34. The van der Waals surface area contributed by atoms with Crippen molar-refractivity contribution >= 4 is 21.6 Å². The second kappa shape index (κ2) is 5.07. The van der Waals surface area contributed by atoms with E-state index in [1.54, 1.807) is 0 Å². The molecule has 1 aromatic carbocycles. The molecule has 0 bridgehead atoms. The lowest BCUT2D eigenvalue weighted by Gasteiger charge is -1.95. The maximum atomic E-state index is 3.46. The van der Waals surface area contributed by atoms with E-state index in [1.165, 1.54) is 21.6 Å². The van der Waals surface area contributed by atoms with Gasteiger partial charge in [-0.2, -0.15) is 4.98 Å². The first-order valence-electron chi connectivity index (χ1n) is 4.72. The molecule has 0 saturated heterocycles. The van der Waals surface area contributed by atoms with E-state index in [0.29, 0.717) is 5.92 Å². The van der Waals surface area contributed by atoms with Gasteiger partial charge >= 0.3 is 0 Å². The highest BCUT2D eigenvalue weighted by Gasteiger charge is 2.15. The van der Waals surface area contributed by atoms with Gasteiger partial charge in [0.1, 0.15) is 4.70 Å². The predicted octanol–water partition coefficient (Wildman–Crippen LogP) is 0.233. The summed E-state index contributed by atoms with van der Waals surface area (Å²) >= 11 is 1.87. The van der Waals surface area contributed by atoms with Crippen LogP contribution < -0.4 is 29.0 Å². The lowest BCUT2D eigenvalue weighted by molar-refractivity contribution is -0.353. The van der Waals surface area contributed by atoms with Gasteiger partial charge in [-0.1, -0.05) is 37.3 Å².